The Bertz CT molecular complexity index is 1420. The average Bonchev–Trinajstić information content (AvgIpc) is 3.43. The molecule has 1 fully saturated rings. The highest BCUT2D eigenvalue weighted by molar-refractivity contribution is 8.09. The first-order valence-electron chi connectivity index (χ1n) is 11.9. The maximum atomic E-state index is 12.5. The standard InChI is InChI=1S/C24H29N6O7PS/c1-5-24(33)19(31)17(36-23(24)30-13-28-18-20(25)26-12-27-21(18)30)11-34-38(39,37-16-9-7-6-8-10-16)29-15(4)22(32)35-14(2)3/h1,6-10,12-15,17,19,23,31,33H,11H2,2-4H3,(H,29,39)(H2,25,26,27)/t15-,17+,19+,23+,24+,38?/m0/s1. The molecule has 3 heterocycles. The summed E-state index contributed by atoms with van der Waals surface area (Å²) in [4.78, 5) is 24.7. The number of hydrogen-bond acceptors (Lipinski definition) is 12. The topological polar surface area (TPSA) is 176 Å². The van der Waals surface area contributed by atoms with Crippen LogP contribution in [-0.2, 0) is 30.6 Å². The van der Waals surface area contributed by atoms with E-state index in [1.165, 1.54) is 17.2 Å². The van der Waals surface area contributed by atoms with Gasteiger partial charge in [0.15, 0.2) is 23.3 Å². The number of aromatic nitrogens is 4. The Hall–Kier alpha value is -3.15. The fraction of sp³-hybridized carbons (Fsp3) is 0.417. The average molecular weight is 577 g/mol. The van der Waals surface area contributed by atoms with Gasteiger partial charge in [-0.15, -0.1) is 6.42 Å². The van der Waals surface area contributed by atoms with E-state index in [-0.39, 0.29) is 29.7 Å². The number of hydrogen-bond donors (Lipinski definition) is 4. The van der Waals surface area contributed by atoms with E-state index in [0.717, 1.165) is 0 Å². The predicted octanol–water partition coefficient (Wildman–Crippen LogP) is 1.28. The van der Waals surface area contributed by atoms with Crippen LogP contribution in [0.3, 0.4) is 0 Å². The number of nitrogens with two attached hydrogens (primary N) is 1. The molecule has 0 bridgehead atoms. The Kier molecular flexibility index (Phi) is 8.53. The van der Waals surface area contributed by atoms with Crippen LogP contribution in [0.4, 0.5) is 5.82 Å². The van der Waals surface area contributed by atoms with Crippen molar-refractivity contribution in [1.82, 2.24) is 24.6 Å². The van der Waals surface area contributed by atoms with Gasteiger partial charge in [0.1, 0.15) is 35.8 Å². The molecule has 6 atom stereocenters. The van der Waals surface area contributed by atoms with Crippen molar-refractivity contribution >= 4 is 41.4 Å². The SMILES string of the molecule is C#C[C@@]1(O)[C@H](O)[C@@H](COP(=S)(N[C@@H](C)C(=O)OC(C)C)Oc2ccccc2)O[C@H]1n1cnc2c(N)ncnc21. The Balaban J connectivity index is 1.57. The normalized spacial score (nSPS) is 25.2. The van der Waals surface area contributed by atoms with Crippen LogP contribution in [0.5, 0.6) is 5.75 Å². The lowest BCUT2D eigenvalue weighted by Crippen LogP contribution is -2.46. The molecule has 13 nitrogen and oxygen atoms in total. The maximum absolute atomic E-state index is 12.5. The molecule has 1 aliphatic heterocycles. The van der Waals surface area contributed by atoms with E-state index in [2.05, 4.69) is 26.0 Å². The highest BCUT2D eigenvalue weighted by Crippen LogP contribution is 2.47. The lowest BCUT2D eigenvalue weighted by molar-refractivity contribution is -0.149. The van der Waals surface area contributed by atoms with Crippen LogP contribution in [0.2, 0.25) is 0 Å². The first-order chi connectivity index (χ1) is 18.5. The van der Waals surface area contributed by atoms with Crippen LogP contribution in [0.15, 0.2) is 43.0 Å². The van der Waals surface area contributed by atoms with Gasteiger partial charge in [0, 0.05) is 0 Å². The number of nitrogens with zero attached hydrogens (tertiary/aromatic N) is 4. The van der Waals surface area contributed by atoms with E-state index >= 15 is 0 Å². The smallest absolute Gasteiger partial charge is 0.323 e. The number of benzene rings is 1. The van der Waals surface area contributed by atoms with Gasteiger partial charge in [-0.05, 0) is 44.7 Å². The van der Waals surface area contributed by atoms with Crippen molar-refractivity contribution in [1.29, 1.82) is 0 Å². The number of nitrogen functional groups attached to an aromatic ring is 1. The van der Waals surface area contributed by atoms with Crippen LogP contribution < -0.4 is 15.3 Å². The number of nitrogens with one attached hydrogen (secondary N) is 1. The van der Waals surface area contributed by atoms with Crippen molar-refractivity contribution < 1.29 is 33.5 Å². The number of aliphatic hydroxyl groups excluding tert-OH is 1. The van der Waals surface area contributed by atoms with Crippen LogP contribution >= 0.6 is 6.64 Å². The van der Waals surface area contributed by atoms with Gasteiger partial charge in [-0.1, -0.05) is 24.1 Å². The quantitative estimate of drug-likeness (QED) is 0.154. The Morgan fingerprint density at radius 2 is 2.05 bits per heavy atom. The van der Waals surface area contributed by atoms with E-state index in [9.17, 15) is 15.0 Å². The molecule has 0 amide bonds. The molecule has 1 aliphatic rings. The van der Waals surface area contributed by atoms with Crippen molar-refractivity contribution in [3.8, 4) is 18.1 Å². The maximum Gasteiger partial charge on any atom is 0.323 e. The van der Waals surface area contributed by atoms with Gasteiger partial charge in [0.25, 0.3) is 0 Å². The molecular formula is C24H29N6O7PS. The van der Waals surface area contributed by atoms with E-state index in [1.807, 2.05) is 0 Å². The molecule has 0 spiro atoms. The van der Waals surface area contributed by atoms with Crippen molar-refractivity contribution in [2.75, 3.05) is 12.3 Å². The van der Waals surface area contributed by atoms with Gasteiger partial charge in [0.2, 0.25) is 0 Å². The van der Waals surface area contributed by atoms with Crippen molar-refractivity contribution in [3.05, 3.63) is 43.0 Å². The van der Waals surface area contributed by atoms with Gasteiger partial charge >= 0.3 is 12.6 Å². The Morgan fingerprint density at radius 1 is 1.33 bits per heavy atom. The number of carbonyl (C=O) groups is 1. The zero-order chi connectivity index (χ0) is 28.4. The third-order valence-corrected chi connectivity index (χ3v) is 8.29. The summed E-state index contributed by atoms with van der Waals surface area (Å²) in [6.45, 7) is 1.22. The number of para-hydroxylation sites is 1. The highest BCUT2D eigenvalue weighted by Gasteiger charge is 2.56. The van der Waals surface area contributed by atoms with E-state index in [4.69, 9.17) is 42.5 Å². The molecule has 15 heteroatoms. The number of terminal acetylenes is 1. The van der Waals surface area contributed by atoms with Gasteiger partial charge in [-0.25, -0.2) is 20.0 Å². The zero-order valence-electron chi connectivity index (χ0n) is 21.4. The molecule has 1 unspecified atom stereocenters. The summed E-state index contributed by atoms with van der Waals surface area (Å²) < 4.78 is 24.5. The number of imidazole rings is 1. The van der Waals surface area contributed by atoms with Crippen molar-refractivity contribution in [2.45, 2.75) is 57.0 Å². The van der Waals surface area contributed by atoms with Crippen molar-refractivity contribution in [2.24, 2.45) is 0 Å². The fourth-order valence-electron chi connectivity index (χ4n) is 3.89. The molecule has 39 heavy (non-hydrogen) atoms. The largest absolute Gasteiger partial charge is 0.462 e. The molecule has 1 aromatic carbocycles. The second kappa shape index (κ2) is 11.5. The summed E-state index contributed by atoms with van der Waals surface area (Å²) in [5.74, 6) is 2.18. The molecular weight excluding hydrogens is 547 g/mol. The molecule has 2 aromatic heterocycles. The second-order valence-electron chi connectivity index (χ2n) is 9.06. The predicted molar refractivity (Wildman–Crippen MR) is 145 cm³/mol. The molecule has 1 saturated heterocycles. The van der Waals surface area contributed by atoms with Crippen LogP contribution in [-0.4, -0.2) is 72.3 Å². The first-order valence-corrected chi connectivity index (χ1v) is 14.6. The summed E-state index contributed by atoms with van der Waals surface area (Å²) in [5, 5.41) is 25.2. The molecule has 0 radical (unpaired) electrons. The van der Waals surface area contributed by atoms with Crippen LogP contribution in [0.25, 0.3) is 11.2 Å². The zero-order valence-corrected chi connectivity index (χ0v) is 23.1. The molecule has 5 N–H and O–H groups in total. The molecule has 0 aliphatic carbocycles. The summed E-state index contributed by atoms with van der Waals surface area (Å²) >= 11 is 5.70. The second-order valence-corrected chi connectivity index (χ2v) is 12.2. The van der Waals surface area contributed by atoms with Gasteiger partial charge < -0.3 is 34.5 Å². The number of fused-ring (bicyclic) bond motifs is 1. The Morgan fingerprint density at radius 3 is 2.72 bits per heavy atom. The number of rotatable bonds is 10. The van der Waals surface area contributed by atoms with Gasteiger partial charge in [0.05, 0.1) is 19.0 Å². The van der Waals surface area contributed by atoms with E-state index < -0.39 is 42.7 Å². The molecule has 0 saturated carbocycles. The lowest BCUT2D eigenvalue weighted by atomic mass is 9.95. The summed E-state index contributed by atoms with van der Waals surface area (Å²) in [5.41, 5.74) is 4.19. The summed E-state index contributed by atoms with van der Waals surface area (Å²) in [6, 6.07) is 7.77. The minimum atomic E-state index is -3.45. The summed E-state index contributed by atoms with van der Waals surface area (Å²) in [6.07, 6.45) is 3.79. The lowest BCUT2D eigenvalue weighted by Gasteiger charge is -2.28. The minimum absolute atomic E-state index is 0.122. The number of ether oxygens (including phenoxy) is 2. The number of esters is 1. The van der Waals surface area contributed by atoms with E-state index in [0.29, 0.717) is 5.75 Å². The highest BCUT2D eigenvalue weighted by atomic mass is 32.5. The first kappa shape index (κ1) is 28.8. The molecule has 4 rings (SSSR count). The van der Waals surface area contributed by atoms with Gasteiger partial charge in [-0.3, -0.25) is 9.36 Å². The van der Waals surface area contributed by atoms with Crippen LogP contribution in [0.1, 0.15) is 27.0 Å². The van der Waals surface area contributed by atoms with Crippen molar-refractivity contribution in [3.63, 3.8) is 0 Å². The molecule has 3 aromatic rings. The minimum Gasteiger partial charge on any atom is -0.462 e. The number of carbonyl (C=O) groups excluding carboxylic acids is 1. The monoisotopic (exact) mass is 576 g/mol. The van der Waals surface area contributed by atoms with Gasteiger partial charge in [-0.2, -0.15) is 0 Å². The third-order valence-electron chi connectivity index (χ3n) is 5.79. The third kappa shape index (κ3) is 6.05. The number of anilines is 1. The van der Waals surface area contributed by atoms with Crippen LogP contribution in [0, 0.1) is 12.3 Å². The fourth-order valence-corrected chi connectivity index (χ4v) is 6.30. The summed E-state index contributed by atoms with van der Waals surface area (Å²) in [7, 11) is 0. The van der Waals surface area contributed by atoms with E-state index in [1.54, 1.807) is 51.1 Å². The molecule has 208 valence electrons. The Labute approximate surface area is 229 Å². The number of aliphatic hydroxyl groups is 2.